The molecule has 1 fully saturated rings. The highest BCUT2D eigenvalue weighted by Gasteiger charge is 2.21. The molecule has 0 radical (unpaired) electrons. The Morgan fingerprint density at radius 1 is 1.37 bits per heavy atom. The van der Waals surface area contributed by atoms with Crippen LogP contribution in [0.4, 0.5) is 0 Å². The van der Waals surface area contributed by atoms with Crippen LogP contribution in [0.25, 0.3) is 11.5 Å². The molecule has 0 aliphatic heterocycles. The highest BCUT2D eigenvalue weighted by Crippen LogP contribution is 2.19. The van der Waals surface area contributed by atoms with Crippen LogP contribution in [0.2, 0.25) is 0 Å². The first-order valence-electron chi connectivity index (χ1n) is 6.37. The molecule has 5 nitrogen and oxygen atoms in total. The molecule has 1 aromatic carbocycles. The second-order valence-electron chi connectivity index (χ2n) is 4.63. The van der Waals surface area contributed by atoms with E-state index < -0.39 is 0 Å². The molecule has 1 aliphatic rings. The van der Waals surface area contributed by atoms with Crippen LogP contribution in [0.1, 0.15) is 18.5 Å². The van der Waals surface area contributed by atoms with Gasteiger partial charge in [0, 0.05) is 11.6 Å². The molecule has 1 aromatic heterocycles. The van der Waals surface area contributed by atoms with Gasteiger partial charge >= 0.3 is 0 Å². The van der Waals surface area contributed by atoms with Crippen molar-refractivity contribution in [3.8, 4) is 11.5 Å². The van der Waals surface area contributed by atoms with Crippen LogP contribution in [0, 0.1) is 0 Å². The summed E-state index contributed by atoms with van der Waals surface area (Å²) in [4.78, 5) is 8.63. The number of oxazole rings is 1. The number of nitrogens with two attached hydrogens (primary N) is 1. The van der Waals surface area contributed by atoms with Gasteiger partial charge in [-0.05, 0) is 25.0 Å². The Balaban J connectivity index is 1.64. The van der Waals surface area contributed by atoms with Crippen LogP contribution >= 0.6 is 0 Å². The SMILES string of the molecule is NC(=NCc1coc(-c2ccccc2)n1)NC1CC1. The van der Waals surface area contributed by atoms with Crippen LogP contribution in [0.3, 0.4) is 0 Å². The van der Waals surface area contributed by atoms with Crippen molar-refractivity contribution >= 4 is 5.96 Å². The second-order valence-corrected chi connectivity index (χ2v) is 4.63. The molecule has 0 saturated heterocycles. The van der Waals surface area contributed by atoms with Crippen molar-refractivity contribution in [2.45, 2.75) is 25.4 Å². The summed E-state index contributed by atoms with van der Waals surface area (Å²) in [6.45, 7) is 0.432. The minimum atomic E-state index is 0.432. The summed E-state index contributed by atoms with van der Waals surface area (Å²) in [5, 5.41) is 3.13. The lowest BCUT2D eigenvalue weighted by atomic mass is 10.2. The van der Waals surface area contributed by atoms with E-state index in [1.807, 2.05) is 30.3 Å². The number of aromatic nitrogens is 1. The first kappa shape index (κ1) is 11.8. The fourth-order valence-electron chi connectivity index (χ4n) is 1.74. The van der Waals surface area contributed by atoms with Gasteiger partial charge in [0.15, 0.2) is 5.96 Å². The van der Waals surface area contributed by atoms with Gasteiger partial charge in [-0.3, -0.25) is 0 Å². The molecule has 1 aliphatic carbocycles. The van der Waals surface area contributed by atoms with Crippen molar-refractivity contribution in [2.24, 2.45) is 10.7 Å². The third-order valence-electron chi connectivity index (χ3n) is 2.91. The van der Waals surface area contributed by atoms with E-state index in [2.05, 4.69) is 15.3 Å². The normalized spacial score (nSPS) is 15.5. The smallest absolute Gasteiger partial charge is 0.226 e. The number of guanidine groups is 1. The number of nitrogens with one attached hydrogen (secondary N) is 1. The van der Waals surface area contributed by atoms with Crippen molar-refractivity contribution in [2.75, 3.05) is 0 Å². The zero-order valence-corrected chi connectivity index (χ0v) is 10.5. The zero-order chi connectivity index (χ0) is 13.1. The second kappa shape index (κ2) is 5.14. The average molecular weight is 256 g/mol. The van der Waals surface area contributed by atoms with E-state index in [9.17, 15) is 0 Å². The summed E-state index contributed by atoms with van der Waals surface area (Å²) >= 11 is 0. The van der Waals surface area contributed by atoms with Crippen molar-refractivity contribution < 1.29 is 4.42 Å². The Hall–Kier alpha value is -2.30. The number of benzene rings is 1. The lowest BCUT2D eigenvalue weighted by Crippen LogP contribution is -2.33. The number of rotatable bonds is 4. The van der Waals surface area contributed by atoms with E-state index in [0.29, 0.717) is 24.4 Å². The largest absolute Gasteiger partial charge is 0.444 e. The fraction of sp³-hybridized carbons (Fsp3) is 0.286. The van der Waals surface area contributed by atoms with Crippen molar-refractivity contribution in [3.05, 3.63) is 42.3 Å². The Morgan fingerprint density at radius 2 is 2.16 bits per heavy atom. The van der Waals surface area contributed by atoms with Gasteiger partial charge < -0.3 is 15.5 Å². The number of hydrogen-bond donors (Lipinski definition) is 2. The van der Waals surface area contributed by atoms with Crippen LogP contribution in [-0.2, 0) is 6.54 Å². The quantitative estimate of drug-likeness (QED) is 0.647. The van der Waals surface area contributed by atoms with Gasteiger partial charge in [-0.25, -0.2) is 9.98 Å². The topological polar surface area (TPSA) is 76.4 Å². The summed E-state index contributed by atoms with van der Waals surface area (Å²) in [5.74, 6) is 1.09. The predicted octanol–water partition coefficient (Wildman–Crippen LogP) is 1.91. The molecule has 3 rings (SSSR count). The summed E-state index contributed by atoms with van der Waals surface area (Å²) in [6, 6.07) is 10.3. The molecule has 19 heavy (non-hydrogen) atoms. The maximum Gasteiger partial charge on any atom is 0.226 e. The molecule has 1 heterocycles. The fourth-order valence-corrected chi connectivity index (χ4v) is 1.74. The summed E-state index contributed by atoms with van der Waals surface area (Å²) in [7, 11) is 0. The highest BCUT2D eigenvalue weighted by atomic mass is 16.3. The van der Waals surface area contributed by atoms with E-state index in [0.717, 1.165) is 11.3 Å². The van der Waals surface area contributed by atoms with Crippen LogP contribution < -0.4 is 11.1 Å². The van der Waals surface area contributed by atoms with Gasteiger partial charge in [-0.15, -0.1) is 0 Å². The first-order valence-corrected chi connectivity index (χ1v) is 6.37. The monoisotopic (exact) mass is 256 g/mol. The highest BCUT2D eigenvalue weighted by molar-refractivity contribution is 5.78. The van der Waals surface area contributed by atoms with Crippen molar-refractivity contribution in [3.63, 3.8) is 0 Å². The maximum atomic E-state index is 5.76. The molecular weight excluding hydrogens is 240 g/mol. The Bertz CT molecular complexity index is 572. The van der Waals surface area contributed by atoms with E-state index in [1.54, 1.807) is 6.26 Å². The molecule has 0 bridgehead atoms. The molecule has 1 saturated carbocycles. The van der Waals surface area contributed by atoms with Gasteiger partial charge in [-0.1, -0.05) is 18.2 Å². The Kier molecular flexibility index (Phi) is 3.18. The van der Waals surface area contributed by atoms with Crippen LogP contribution in [0.15, 0.2) is 46.0 Å². The van der Waals surface area contributed by atoms with E-state index in [1.165, 1.54) is 12.8 Å². The van der Waals surface area contributed by atoms with Gasteiger partial charge in [0.05, 0.1) is 6.54 Å². The molecule has 0 atom stereocenters. The van der Waals surface area contributed by atoms with Gasteiger partial charge in [-0.2, -0.15) is 0 Å². The summed E-state index contributed by atoms with van der Waals surface area (Å²) < 4.78 is 5.43. The summed E-state index contributed by atoms with van der Waals surface area (Å²) in [6.07, 6.45) is 3.98. The third kappa shape index (κ3) is 3.13. The Morgan fingerprint density at radius 3 is 2.89 bits per heavy atom. The summed E-state index contributed by atoms with van der Waals surface area (Å²) in [5.41, 5.74) is 7.50. The molecule has 3 N–H and O–H groups in total. The molecule has 98 valence electrons. The minimum Gasteiger partial charge on any atom is -0.444 e. The standard InChI is InChI=1S/C14H16N4O/c15-14(18-11-6-7-11)16-8-12-9-19-13(17-12)10-4-2-1-3-5-10/h1-5,9,11H,6-8H2,(H3,15,16,18). The molecule has 0 unspecified atom stereocenters. The zero-order valence-electron chi connectivity index (χ0n) is 10.5. The first-order chi connectivity index (χ1) is 9.31. The molecule has 0 amide bonds. The lowest BCUT2D eigenvalue weighted by Gasteiger charge is -2.01. The van der Waals surface area contributed by atoms with Gasteiger partial charge in [0.25, 0.3) is 0 Å². The number of nitrogens with zero attached hydrogens (tertiary/aromatic N) is 2. The number of hydrogen-bond acceptors (Lipinski definition) is 3. The van der Waals surface area contributed by atoms with Crippen LogP contribution in [0.5, 0.6) is 0 Å². The Labute approximate surface area is 111 Å². The average Bonchev–Trinajstić information content (AvgIpc) is 3.12. The molecule has 5 heteroatoms. The molecule has 2 aromatic rings. The predicted molar refractivity (Wildman–Crippen MR) is 73.4 cm³/mol. The van der Waals surface area contributed by atoms with E-state index >= 15 is 0 Å². The van der Waals surface area contributed by atoms with Crippen molar-refractivity contribution in [1.82, 2.24) is 10.3 Å². The van der Waals surface area contributed by atoms with Crippen molar-refractivity contribution in [1.29, 1.82) is 0 Å². The third-order valence-corrected chi connectivity index (χ3v) is 2.91. The van der Waals surface area contributed by atoms with E-state index in [4.69, 9.17) is 10.2 Å². The number of aliphatic imine (C=N–C) groups is 1. The van der Waals surface area contributed by atoms with Gasteiger partial charge in [0.2, 0.25) is 5.89 Å². The van der Waals surface area contributed by atoms with Gasteiger partial charge in [0.1, 0.15) is 12.0 Å². The lowest BCUT2D eigenvalue weighted by molar-refractivity contribution is 0.572. The molecule has 0 spiro atoms. The minimum absolute atomic E-state index is 0.432. The van der Waals surface area contributed by atoms with E-state index in [-0.39, 0.29) is 0 Å². The van der Waals surface area contributed by atoms with Crippen LogP contribution in [-0.4, -0.2) is 17.0 Å². The molecular formula is C14H16N4O. The maximum absolute atomic E-state index is 5.76.